The highest BCUT2D eigenvalue weighted by Gasteiger charge is 2.41. The lowest BCUT2D eigenvalue weighted by Crippen LogP contribution is -2.53. The molecule has 1 aliphatic rings. The molecule has 1 fully saturated rings. The summed E-state index contributed by atoms with van der Waals surface area (Å²) in [5.74, 6) is -2.54. The van der Waals surface area contributed by atoms with Crippen LogP contribution in [0.1, 0.15) is 39.0 Å². The Bertz CT molecular complexity index is 388. The molecule has 7 nitrogen and oxygen atoms in total. The van der Waals surface area contributed by atoms with Crippen LogP contribution < -0.4 is 11.1 Å². The fourth-order valence-corrected chi connectivity index (χ4v) is 2.52. The lowest BCUT2D eigenvalue weighted by molar-refractivity contribution is -0.148. The lowest BCUT2D eigenvalue weighted by atomic mass is 9.70. The van der Waals surface area contributed by atoms with E-state index in [2.05, 4.69) is 12.2 Å². The molecule has 5 N–H and O–H groups in total. The van der Waals surface area contributed by atoms with E-state index in [1.807, 2.05) is 0 Å². The molecule has 1 aliphatic carbocycles. The third-order valence-electron chi connectivity index (χ3n) is 4.09. The SMILES string of the molecule is CC1CCC(CN)(C(=O)NC(CC(=O)O)C(=O)O)CC1. The van der Waals surface area contributed by atoms with Gasteiger partial charge in [-0.25, -0.2) is 4.79 Å². The molecular weight excluding hydrogens is 264 g/mol. The van der Waals surface area contributed by atoms with Crippen LogP contribution in [-0.2, 0) is 14.4 Å². The van der Waals surface area contributed by atoms with Gasteiger partial charge in [0, 0.05) is 6.54 Å². The summed E-state index contributed by atoms with van der Waals surface area (Å²) in [6.07, 6.45) is 2.30. The van der Waals surface area contributed by atoms with Crippen molar-refractivity contribution in [2.24, 2.45) is 17.1 Å². The summed E-state index contributed by atoms with van der Waals surface area (Å²) < 4.78 is 0. The van der Waals surface area contributed by atoms with E-state index in [0.29, 0.717) is 18.8 Å². The van der Waals surface area contributed by atoms with Crippen molar-refractivity contribution in [1.29, 1.82) is 0 Å². The molecule has 1 amide bonds. The van der Waals surface area contributed by atoms with Gasteiger partial charge in [0.05, 0.1) is 11.8 Å². The van der Waals surface area contributed by atoms with Gasteiger partial charge in [0.15, 0.2) is 0 Å². The van der Waals surface area contributed by atoms with Crippen LogP contribution in [0, 0.1) is 11.3 Å². The zero-order chi connectivity index (χ0) is 15.3. The van der Waals surface area contributed by atoms with E-state index in [9.17, 15) is 14.4 Å². The largest absolute Gasteiger partial charge is 0.481 e. The van der Waals surface area contributed by atoms with Gasteiger partial charge < -0.3 is 21.3 Å². The first-order valence-electron chi connectivity index (χ1n) is 6.76. The molecule has 1 saturated carbocycles. The predicted octanol–water partition coefficient (Wildman–Crippen LogP) is 0.186. The number of rotatable bonds is 6. The number of carboxylic acid groups (broad SMARTS) is 2. The molecule has 0 saturated heterocycles. The molecule has 114 valence electrons. The van der Waals surface area contributed by atoms with Crippen LogP contribution in [0.2, 0.25) is 0 Å². The van der Waals surface area contributed by atoms with E-state index in [1.165, 1.54) is 0 Å². The Hall–Kier alpha value is -1.63. The van der Waals surface area contributed by atoms with Crippen LogP contribution in [0.25, 0.3) is 0 Å². The van der Waals surface area contributed by atoms with Crippen LogP contribution in [0.15, 0.2) is 0 Å². The molecule has 0 spiro atoms. The van der Waals surface area contributed by atoms with Crippen LogP contribution in [0.3, 0.4) is 0 Å². The van der Waals surface area contributed by atoms with Crippen LogP contribution in [0.4, 0.5) is 0 Å². The van der Waals surface area contributed by atoms with Gasteiger partial charge in [-0.2, -0.15) is 0 Å². The minimum Gasteiger partial charge on any atom is -0.481 e. The van der Waals surface area contributed by atoms with E-state index >= 15 is 0 Å². The first-order valence-corrected chi connectivity index (χ1v) is 6.76. The van der Waals surface area contributed by atoms with Crippen molar-refractivity contribution in [3.8, 4) is 0 Å². The summed E-state index contributed by atoms with van der Waals surface area (Å²) in [6, 6.07) is -1.41. The van der Waals surface area contributed by atoms with Gasteiger partial charge in [0.25, 0.3) is 0 Å². The molecule has 20 heavy (non-hydrogen) atoms. The second-order valence-electron chi connectivity index (χ2n) is 5.63. The van der Waals surface area contributed by atoms with Crippen molar-refractivity contribution in [3.05, 3.63) is 0 Å². The Labute approximate surface area is 117 Å². The number of carbonyl (C=O) groups excluding carboxylic acids is 1. The molecule has 1 unspecified atom stereocenters. The number of carbonyl (C=O) groups is 3. The summed E-state index contributed by atoms with van der Waals surface area (Å²) in [5.41, 5.74) is 4.95. The molecule has 0 aromatic carbocycles. The van der Waals surface area contributed by atoms with Gasteiger partial charge in [-0.05, 0) is 31.6 Å². The van der Waals surface area contributed by atoms with Crippen LogP contribution >= 0.6 is 0 Å². The number of aliphatic carboxylic acids is 2. The molecule has 0 aromatic heterocycles. The van der Waals surface area contributed by atoms with Crippen LogP contribution in [0.5, 0.6) is 0 Å². The quantitative estimate of drug-likeness (QED) is 0.551. The fraction of sp³-hybridized carbons (Fsp3) is 0.769. The number of carboxylic acids is 2. The Morgan fingerprint density at radius 2 is 1.85 bits per heavy atom. The van der Waals surface area contributed by atoms with Gasteiger partial charge in [-0.3, -0.25) is 9.59 Å². The monoisotopic (exact) mass is 286 g/mol. The minimum absolute atomic E-state index is 0.144. The fourth-order valence-electron chi connectivity index (χ4n) is 2.52. The molecule has 0 bridgehead atoms. The van der Waals surface area contributed by atoms with Crippen molar-refractivity contribution in [2.45, 2.75) is 45.1 Å². The first-order chi connectivity index (χ1) is 9.30. The van der Waals surface area contributed by atoms with Gasteiger partial charge in [-0.1, -0.05) is 6.92 Å². The summed E-state index contributed by atoms with van der Waals surface area (Å²) in [4.78, 5) is 33.9. The Kier molecular flexibility index (Phi) is 5.50. The van der Waals surface area contributed by atoms with E-state index in [0.717, 1.165) is 12.8 Å². The smallest absolute Gasteiger partial charge is 0.326 e. The number of nitrogens with one attached hydrogen (secondary N) is 1. The molecular formula is C13H22N2O5. The Balaban J connectivity index is 2.75. The average molecular weight is 286 g/mol. The summed E-state index contributed by atoms with van der Waals surface area (Å²) in [5, 5.41) is 20.0. The number of amides is 1. The highest BCUT2D eigenvalue weighted by molar-refractivity contribution is 5.89. The second-order valence-corrected chi connectivity index (χ2v) is 5.63. The van der Waals surface area contributed by atoms with Gasteiger partial charge in [-0.15, -0.1) is 0 Å². The van der Waals surface area contributed by atoms with E-state index < -0.39 is 35.7 Å². The minimum atomic E-state index is -1.41. The van der Waals surface area contributed by atoms with Crippen molar-refractivity contribution in [1.82, 2.24) is 5.32 Å². The topological polar surface area (TPSA) is 130 Å². The van der Waals surface area contributed by atoms with Crippen molar-refractivity contribution < 1.29 is 24.6 Å². The molecule has 0 heterocycles. The third kappa shape index (κ3) is 3.93. The standard InChI is InChI=1S/C13H22N2O5/c1-8-2-4-13(7-14,5-3-8)12(20)15-9(11(18)19)6-10(16)17/h8-9H,2-7,14H2,1H3,(H,15,20)(H,16,17)(H,18,19). The van der Waals surface area contributed by atoms with Gasteiger partial charge in [0.1, 0.15) is 6.04 Å². The lowest BCUT2D eigenvalue weighted by Gasteiger charge is -2.37. The molecule has 7 heteroatoms. The second kappa shape index (κ2) is 6.69. The summed E-state index contributed by atoms with van der Waals surface area (Å²) in [7, 11) is 0. The maximum Gasteiger partial charge on any atom is 0.326 e. The molecule has 0 aliphatic heterocycles. The zero-order valence-electron chi connectivity index (χ0n) is 11.6. The van der Waals surface area contributed by atoms with Gasteiger partial charge >= 0.3 is 11.9 Å². The number of nitrogens with two attached hydrogens (primary N) is 1. The third-order valence-corrected chi connectivity index (χ3v) is 4.09. The number of hydrogen-bond acceptors (Lipinski definition) is 4. The summed E-state index contributed by atoms with van der Waals surface area (Å²) in [6.45, 7) is 2.24. The van der Waals surface area contributed by atoms with E-state index in [4.69, 9.17) is 15.9 Å². The highest BCUT2D eigenvalue weighted by Crippen LogP contribution is 2.38. The maximum absolute atomic E-state index is 12.3. The molecule has 1 atom stereocenters. The van der Waals surface area contributed by atoms with E-state index in [-0.39, 0.29) is 6.54 Å². The normalized spacial score (nSPS) is 27.6. The van der Waals surface area contributed by atoms with Crippen molar-refractivity contribution >= 4 is 17.8 Å². The van der Waals surface area contributed by atoms with Crippen LogP contribution in [-0.4, -0.2) is 40.6 Å². The zero-order valence-corrected chi connectivity index (χ0v) is 11.6. The molecule has 1 rings (SSSR count). The first kappa shape index (κ1) is 16.4. The predicted molar refractivity (Wildman–Crippen MR) is 70.9 cm³/mol. The highest BCUT2D eigenvalue weighted by atomic mass is 16.4. The van der Waals surface area contributed by atoms with Crippen molar-refractivity contribution in [3.63, 3.8) is 0 Å². The Morgan fingerprint density at radius 1 is 1.30 bits per heavy atom. The maximum atomic E-state index is 12.3. The molecule has 0 aromatic rings. The Morgan fingerprint density at radius 3 is 2.25 bits per heavy atom. The van der Waals surface area contributed by atoms with Crippen molar-refractivity contribution in [2.75, 3.05) is 6.54 Å². The summed E-state index contributed by atoms with van der Waals surface area (Å²) >= 11 is 0. The van der Waals surface area contributed by atoms with E-state index in [1.54, 1.807) is 0 Å². The van der Waals surface area contributed by atoms with Gasteiger partial charge in [0.2, 0.25) is 5.91 Å². The number of hydrogen-bond donors (Lipinski definition) is 4. The average Bonchev–Trinajstić information content (AvgIpc) is 2.38. The molecule has 0 radical (unpaired) electrons.